The molecule has 0 saturated heterocycles. The van der Waals surface area contributed by atoms with Crippen molar-refractivity contribution in [3.05, 3.63) is 53.3 Å². The number of aromatic nitrogens is 1. The van der Waals surface area contributed by atoms with Crippen molar-refractivity contribution in [3.8, 4) is 5.75 Å². The van der Waals surface area contributed by atoms with E-state index in [1.54, 1.807) is 12.1 Å². The summed E-state index contributed by atoms with van der Waals surface area (Å²) in [6.45, 7) is -2.88. The van der Waals surface area contributed by atoms with Gasteiger partial charge in [-0.05, 0) is 36.4 Å². The van der Waals surface area contributed by atoms with Crippen molar-refractivity contribution < 1.29 is 18.3 Å². The molecular formula is C13H9ClF2N2O2. The molecule has 1 aromatic heterocycles. The Balaban J connectivity index is 2.04. The quantitative estimate of drug-likeness (QED) is 0.878. The highest BCUT2D eigenvalue weighted by Gasteiger charge is 2.09. The molecule has 1 N–H and O–H groups in total. The average molecular weight is 299 g/mol. The van der Waals surface area contributed by atoms with Crippen LogP contribution in [0.4, 0.5) is 14.5 Å². The number of benzene rings is 1. The third kappa shape index (κ3) is 3.89. The van der Waals surface area contributed by atoms with Gasteiger partial charge in [-0.1, -0.05) is 17.7 Å². The van der Waals surface area contributed by atoms with Crippen LogP contribution in [0.1, 0.15) is 10.5 Å². The Morgan fingerprint density at radius 3 is 2.50 bits per heavy atom. The molecule has 0 radical (unpaired) electrons. The van der Waals surface area contributed by atoms with E-state index < -0.39 is 12.5 Å². The second-order valence-electron chi connectivity index (χ2n) is 3.70. The second kappa shape index (κ2) is 6.29. The van der Waals surface area contributed by atoms with Crippen molar-refractivity contribution in [2.45, 2.75) is 6.61 Å². The number of anilines is 1. The summed E-state index contributed by atoms with van der Waals surface area (Å²) in [4.78, 5) is 15.7. The Morgan fingerprint density at radius 1 is 1.20 bits per heavy atom. The number of nitrogens with zero attached hydrogens (tertiary/aromatic N) is 1. The van der Waals surface area contributed by atoms with Gasteiger partial charge in [0.05, 0.1) is 0 Å². The molecule has 1 aromatic carbocycles. The molecule has 0 aliphatic heterocycles. The standard InChI is InChI=1S/C13H9ClF2N2O2/c14-11-3-1-2-10(18-11)12(19)17-8-4-6-9(7-5-8)20-13(15)16/h1-7,13H,(H,17,19). The molecule has 0 aliphatic carbocycles. The number of amides is 1. The van der Waals surface area contributed by atoms with E-state index in [1.165, 1.54) is 30.3 Å². The molecule has 7 heteroatoms. The van der Waals surface area contributed by atoms with Crippen molar-refractivity contribution in [1.82, 2.24) is 4.98 Å². The van der Waals surface area contributed by atoms with E-state index in [-0.39, 0.29) is 16.6 Å². The molecule has 1 heterocycles. The van der Waals surface area contributed by atoms with Crippen LogP contribution in [0.2, 0.25) is 5.15 Å². The highest BCUT2D eigenvalue weighted by molar-refractivity contribution is 6.29. The summed E-state index contributed by atoms with van der Waals surface area (Å²) in [5.74, 6) is -0.436. The number of alkyl halides is 2. The summed E-state index contributed by atoms with van der Waals surface area (Å²) in [6, 6.07) is 10.2. The molecule has 1 amide bonds. The lowest BCUT2D eigenvalue weighted by Crippen LogP contribution is -2.13. The molecule has 0 aliphatic rings. The minimum Gasteiger partial charge on any atom is -0.435 e. The van der Waals surface area contributed by atoms with E-state index >= 15 is 0 Å². The molecule has 20 heavy (non-hydrogen) atoms. The van der Waals surface area contributed by atoms with Gasteiger partial charge in [0, 0.05) is 5.69 Å². The summed E-state index contributed by atoms with van der Waals surface area (Å²) in [5, 5.41) is 2.77. The van der Waals surface area contributed by atoms with E-state index in [0.29, 0.717) is 5.69 Å². The first-order valence-corrected chi connectivity index (χ1v) is 5.91. The normalized spacial score (nSPS) is 10.4. The van der Waals surface area contributed by atoms with E-state index in [4.69, 9.17) is 11.6 Å². The Hall–Kier alpha value is -2.21. The van der Waals surface area contributed by atoms with E-state index in [1.807, 2.05) is 0 Å². The lowest BCUT2D eigenvalue weighted by Gasteiger charge is -2.07. The highest BCUT2D eigenvalue weighted by atomic mass is 35.5. The molecule has 0 bridgehead atoms. The Labute approximate surface area is 118 Å². The SMILES string of the molecule is O=C(Nc1ccc(OC(F)F)cc1)c1cccc(Cl)n1. The Bertz CT molecular complexity index is 606. The summed E-state index contributed by atoms with van der Waals surface area (Å²) in [5.41, 5.74) is 0.587. The molecule has 104 valence electrons. The number of rotatable bonds is 4. The molecule has 0 saturated carbocycles. The topological polar surface area (TPSA) is 51.2 Å². The maximum Gasteiger partial charge on any atom is 0.387 e. The fourth-order valence-corrected chi connectivity index (χ4v) is 1.61. The van der Waals surface area contributed by atoms with Crippen LogP contribution in [0.25, 0.3) is 0 Å². The van der Waals surface area contributed by atoms with Crippen LogP contribution >= 0.6 is 11.6 Å². The van der Waals surface area contributed by atoms with Crippen molar-refractivity contribution >= 4 is 23.2 Å². The molecule has 0 spiro atoms. The summed E-state index contributed by atoms with van der Waals surface area (Å²) in [7, 11) is 0. The summed E-state index contributed by atoms with van der Waals surface area (Å²) in [6.07, 6.45) is 0. The fraction of sp³-hybridized carbons (Fsp3) is 0.0769. The average Bonchev–Trinajstić information content (AvgIpc) is 2.40. The van der Waals surface area contributed by atoms with Gasteiger partial charge in [-0.15, -0.1) is 0 Å². The number of carbonyl (C=O) groups is 1. The number of pyridine rings is 1. The molecule has 2 rings (SSSR count). The predicted octanol–water partition coefficient (Wildman–Crippen LogP) is 3.59. The first kappa shape index (κ1) is 14.2. The van der Waals surface area contributed by atoms with Crippen LogP contribution < -0.4 is 10.1 Å². The number of ether oxygens (including phenoxy) is 1. The highest BCUT2D eigenvalue weighted by Crippen LogP contribution is 2.18. The van der Waals surface area contributed by atoms with Gasteiger partial charge in [0.25, 0.3) is 5.91 Å². The molecule has 2 aromatic rings. The number of halogens is 3. The third-order valence-corrected chi connectivity index (χ3v) is 2.50. The summed E-state index contributed by atoms with van der Waals surface area (Å²) < 4.78 is 28.2. The molecule has 4 nitrogen and oxygen atoms in total. The zero-order valence-electron chi connectivity index (χ0n) is 10.0. The van der Waals surface area contributed by atoms with Crippen molar-refractivity contribution in [1.29, 1.82) is 0 Å². The lowest BCUT2D eigenvalue weighted by molar-refractivity contribution is -0.0498. The van der Waals surface area contributed by atoms with Crippen LogP contribution in [0.3, 0.4) is 0 Å². The maximum absolute atomic E-state index is 12.0. The van der Waals surface area contributed by atoms with Gasteiger partial charge in [0.1, 0.15) is 16.6 Å². The van der Waals surface area contributed by atoms with Crippen LogP contribution in [0, 0.1) is 0 Å². The summed E-state index contributed by atoms with van der Waals surface area (Å²) >= 11 is 5.68. The smallest absolute Gasteiger partial charge is 0.387 e. The van der Waals surface area contributed by atoms with Crippen LogP contribution in [0.5, 0.6) is 5.75 Å². The van der Waals surface area contributed by atoms with Gasteiger partial charge in [-0.25, -0.2) is 4.98 Å². The minimum atomic E-state index is -2.88. The maximum atomic E-state index is 12.0. The molecule has 0 unspecified atom stereocenters. The second-order valence-corrected chi connectivity index (χ2v) is 4.09. The monoisotopic (exact) mass is 298 g/mol. The zero-order chi connectivity index (χ0) is 14.5. The van der Waals surface area contributed by atoms with Crippen molar-refractivity contribution in [2.24, 2.45) is 0 Å². The van der Waals surface area contributed by atoms with E-state index in [2.05, 4.69) is 15.0 Å². The number of carbonyl (C=O) groups excluding carboxylic acids is 1. The Kier molecular flexibility index (Phi) is 4.47. The van der Waals surface area contributed by atoms with Gasteiger partial charge in [-0.2, -0.15) is 8.78 Å². The van der Waals surface area contributed by atoms with Gasteiger partial charge >= 0.3 is 6.61 Å². The van der Waals surface area contributed by atoms with Gasteiger partial charge in [0.2, 0.25) is 0 Å². The van der Waals surface area contributed by atoms with Crippen LogP contribution in [0.15, 0.2) is 42.5 Å². The largest absolute Gasteiger partial charge is 0.435 e. The number of hydrogen-bond acceptors (Lipinski definition) is 3. The van der Waals surface area contributed by atoms with Gasteiger partial charge in [-0.3, -0.25) is 4.79 Å². The first-order valence-electron chi connectivity index (χ1n) is 5.53. The lowest BCUT2D eigenvalue weighted by atomic mass is 10.3. The third-order valence-electron chi connectivity index (χ3n) is 2.29. The van der Waals surface area contributed by atoms with E-state index in [9.17, 15) is 13.6 Å². The number of hydrogen-bond donors (Lipinski definition) is 1. The molecule has 0 atom stereocenters. The van der Waals surface area contributed by atoms with Crippen LogP contribution in [-0.4, -0.2) is 17.5 Å². The van der Waals surface area contributed by atoms with Crippen molar-refractivity contribution in [2.75, 3.05) is 5.32 Å². The first-order chi connectivity index (χ1) is 9.54. The molecule has 0 fully saturated rings. The predicted molar refractivity (Wildman–Crippen MR) is 70.3 cm³/mol. The molecular weight excluding hydrogens is 290 g/mol. The Morgan fingerprint density at radius 2 is 1.90 bits per heavy atom. The van der Waals surface area contributed by atoms with Crippen molar-refractivity contribution in [3.63, 3.8) is 0 Å². The fourth-order valence-electron chi connectivity index (χ4n) is 1.45. The van der Waals surface area contributed by atoms with E-state index in [0.717, 1.165) is 0 Å². The van der Waals surface area contributed by atoms with Gasteiger partial charge < -0.3 is 10.1 Å². The zero-order valence-corrected chi connectivity index (χ0v) is 10.8. The minimum absolute atomic E-state index is 0.0129. The van der Waals surface area contributed by atoms with Crippen LogP contribution in [-0.2, 0) is 0 Å². The van der Waals surface area contributed by atoms with Gasteiger partial charge in [0.15, 0.2) is 0 Å². The number of nitrogens with one attached hydrogen (secondary N) is 1.